The van der Waals surface area contributed by atoms with Crippen LogP contribution in [0.25, 0.3) is 5.65 Å². The molecule has 0 aliphatic heterocycles. The number of carbonyl (C=O) groups excluding carboxylic acids is 2. The van der Waals surface area contributed by atoms with Gasteiger partial charge < -0.3 is 25.6 Å². The van der Waals surface area contributed by atoms with E-state index in [-0.39, 0.29) is 23.6 Å². The molecule has 0 spiro atoms. The summed E-state index contributed by atoms with van der Waals surface area (Å²) < 4.78 is 6.82. The predicted octanol–water partition coefficient (Wildman–Crippen LogP) is 3.15. The highest BCUT2D eigenvalue weighted by Gasteiger charge is 2.26. The second kappa shape index (κ2) is 10.8. The Bertz CT molecular complexity index is 1460. The molecule has 1 aromatic carbocycles. The zero-order chi connectivity index (χ0) is 26.6. The molecule has 3 N–H and O–H groups in total. The van der Waals surface area contributed by atoms with Crippen molar-refractivity contribution in [2.45, 2.75) is 32.4 Å². The van der Waals surface area contributed by atoms with Crippen LogP contribution < -0.4 is 25.6 Å². The van der Waals surface area contributed by atoms with Gasteiger partial charge in [-0.1, -0.05) is 12.1 Å². The molecule has 11 nitrogen and oxygen atoms in total. The van der Waals surface area contributed by atoms with Crippen LogP contribution in [0.4, 0.5) is 17.2 Å². The largest absolute Gasteiger partial charge is 0.497 e. The zero-order valence-corrected chi connectivity index (χ0v) is 21.6. The lowest BCUT2D eigenvalue weighted by atomic mass is 10.2. The Morgan fingerprint density at radius 2 is 1.92 bits per heavy atom. The molecule has 1 fully saturated rings. The van der Waals surface area contributed by atoms with Gasteiger partial charge in [-0.05, 0) is 49.6 Å². The van der Waals surface area contributed by atoms with E-state index in [4.69, 9.17) is 4.74 Å². The molecule has 1 aliphatic carbocycles. The second-order valence-corrected chi connectivity index (χ2v) is 9.13. The van der Waals surface area contributed by atoms with Crippen molar-refractivity contribution in [1.29, 1.82) is 0 Å². The summed E-state index contributed by atoms with van der Waals surface area (Å²) in [4.78, 5) is 36.4. The van der Waals surface area contributed by atoms with E-state index in [0.29, 0.717) is 35.9 Å². The lowest BCUT2D eigenvalue weighted by Crippen LogP contribution is -2.27. The van der Waals surface area contributed by atoms with E-state index in [2.05, 4.69) is 31.0 Å². The van der Waals surface area contributed by atoms with Gasteiger partial charge in [0.25, 0.3) is 11.8 Å². The summed E-state index contributed by atoms with van der Waals surface area (Å²) in [5, 5.41) is 13.7. The van der Waals surface area contributed by atoms with Crippen molar-refractivity contribution in [2.24, 2.45) is 0 Å². The molecular formula is C27H30N8O3. The van der Waals surface area contributed by atoms with Gasteiger partial charge in [-0.15, -0.1) is 5.10 Å². The number of rotatable bonds is 10. The fraction of sp³-hybridized carbons (Fsp3) is 0.296. The second-order valence-electron chi connectivity index (χ2n) is 9.13. The van der Waals surface area contributed by atoms with Gasteiger partial charge in [0.1, 0.15) is 5.75 Å². The third-order valence-electron chi connectivity index (χ3n) is 6.21. The van der Waals surface area contributed by atoms with Crippen molar-refractivity contribution in [2.75, 3.05) is 30.9 Å². The Morgan fingerprint density at radius 3 is 2.63 bits per heavy atom. The number of aromatic nitrogens is 4. The molecule has 0 atom stereocenters. The number of imidazole rings is 1. The van der Waals surface area contributed by atoms with Crippen molar-refractivity contribution in [1.82, 2.24) is 30.2 Å². The van der Waals surface area contributed by atoms with Gasteiger partial charge in [0.05, 0.1) is 24.7 Å². The molecule has 0 bridgehead atoms. The third kappa shape index (κ3) is 5.36. The van der Waals surface area contributed by atoms with Crippen molar-refractivity contribution < 1.29 is 14.3 Å². The Balaban J connectivity index is 1.53. The molecule has 38 heavy (non-hydrogen) atoms. The molecule has 196 valence electrons. The number of ether oxygens (including phenoxy) is 1. The fourth-order valence-corrected chi connectivity index (χ4v) is 4.10. The summed E-state index contributed by atoms with van der Waals surface area (Å²) in [6.45, 7) is 2.91. The molecular weight excluding hydrogens is 484 g/mol. The number of benzene rings is 1. The van der Waals surface area contributed by atoms with Crippen LogP contribution in [0.3, 0.4) is 0 Å². The van der Waals surface area contributed by atoms with Gasteiger partial charge >= 0.3 is 0 Å². The molecule has 0 unspecified atom stereocenters. The Kier molecular flexibility index (Phi) is 7.07. The standard InChI is InChI=1S/C27H30N8O3/c1-4-28-27(37)24-20(6-5-13-29-24)32-23-14-21(34(2)16-17-7-11-19(38-3)12-8-17)25-30-15-22(35(25)33-23)26(36)31-18-9-10-18/h5-8,11-15,18H,4,9-10,16H2,1-3H3,(H,28,37)(H,31,36)(H,32,33). The van der Waals surface area contributed by atoms with Gasteiger partial charge in [0.15, 0.2) is 22.9 Å². The van der Waals surface area contributed by atoms with Crippen LogP contribution in [0.5, 0.6) is 5.75 Å². The molecule has 3 heterocycles. The lowest BCUT2D eigenvalue weighted by molar-refractivity contribution is 0.0939. The molecule has 4 aromatic rings. The smallest absolute Gasteiger partial charge is 0.272 e. The van der Waals surface area contributed by atoms with E-state index in [1.54, 1.807) is 36.2 Å². The van der Waals surface area contributed by atoms with Crippen molar-refractivity contribution in [3.63, 3.8) is 0 Å². The van der Waals surface area contributed by atoms with Gasteiger partial charge in [0, 0.05) is 38.4 Å². The minimum absolute atomic E-state index is 0.196. The van der Waals surface area contributed by atoms with Crippen LogP contribution in [-0.2, 0) is 6.54 Å². The SMILES string of the molecule is CCNC(=O)c1ncccc1Nc1cc(N(C)Cc2ccc(OC)cc2)c2ncc(C(=O)NC3CC3)n2n1. The Morgan fingerprint density at radius 1 is 1.13 bits per heavy atom. The first kappa shape index (κ1) is 25.0. The first-order chi connectivity index (χ1) is 18.5. The van der Waals surface area contributed by atoms with Crippen LogP contribution >= 0.6 is 0 Å². The average Bonchev–Trinajstić information content (AvgIpc) is 3.64. The monoisotopic (exact) mass is 514 g/mol. The normalized spacial score (nSPS) is 12.7. The molecule has 1 aliphatic rings. The summed E-state index contributed by atoms with van der Waals surface area (Å²) >= 11 is 0. The number of hydrogen-bond donors (Lipinski definition) is 3. The Hall–Kier alpha value is -4.67. The number of hydrogen-bond acceptors (Lipinski definition) is 8. The van der Waals surface area contributed by atoms with Gasteiger partial charge in [0.2, 0.25) is 0 Å². The molecule has 11 heteroatoms. The molecule has 1 saturated carbocycles. The summed E-state index contributed by atoms with van der Waals surface area (Å²) in [7, 11) is 3.59. The van der Waals surface area contributed by atoms with Crippen LogP contribution in [0.2, 0.25) is 0 Å². The van der Waals surface area contributed by atoms with Gasteiger partial charge in [-0.2, -0.15) is 0 Å². The van der Waals surface area contributed by atoms with Crippen LogP contribution in [-0.4, -0.2) is 58.1 Å². The number of pyridine rings is 1. The quantitative estimate of drug-likeness (QED) is 0.295. The maximum atomic E-state index is 13.0. The number of amides is 2. The number of nitrogens with zero attached hydrogens (tertiary/aromatic N) is 5. The van der Waals surface area contributed by atoms with Gasteiger partial charge in [-0.3, -0.25) is 9.59 Å². The summed E-state index contributed by atoms with van der Waals surface area (Å²) in [5.74, 6) is 0.706. The van der Waals surface area contributed by atoms with Crippen LogP contribution in [0.1, 0.15) is 46.3 Å². The highest BCUT2D eigenvalue weighted by atomic mass is 16.5. The molecule has 5 rings (SSSR count). The van der Waals surface area contributed by atoms with E-state index in [9.17, 15) is 9.59 Å². The topological polar surface area (TPSA) is 126 Å². The average molecular weight is 515 g/mol. The van der Waals surface area contributed by atoms with Crippen molar-refractivity contribution >= 4 is 34.7 Å². The highest BCUT2D eigenvalue weighted by molar-refractivity contribution is 5.98. The molecule has 0 radical (unpaired) electrons. The summed E-state index contributed by atoms with van der Waals surface area (Å²) in [6, 6.07) is 13.4. The lowest BCUT2D eigenvalue weighted by Gasteiger charge is -2.21. The van der Waals surface area contributed by atoms with E-state index >= 15 is 0 Å². The number of methoxy groups -OCH3 is 1. The van der Waals surface area contributed by atoms with Crippen LogP contribution in [0, 0.1) is 0 Å². The van der Waals surface area contributed by atoms with Crippen LogP contribution in [0.15, 0.2) is 54.9 Å². The minimum atomic E-state index is -0.291. The molecule has 0 saturated heterocycles. The minimum Gasteiger partial charge on any atom is -0.497 e. The van der Waals surface area contributed by atoms with E-state index < -0.39 is 0 Å². The van der Waals surface area contributed by atoms with Crippen molar-refractivity contribution in [3.8, 4) is 5.75 Å². The highest BCUT2D eigenvalue weighted by Crippen LogP contribution is 2.28. The fourth-order valence-electron chi connectivity index (χ4n) is 4.10. The maximum absolute atomic E-state index is 13.0. The van der Waals surface area contributed by atoms with Gasteiger partial charge in [-0.25, -0.2) is 14.5 Å². The summed E-state index contributed by atoms with van der Waals surface area (Å²) in [6.07, 6.45) is 5.06. The first-order valence-corrected chi connectivity index (χ1v) is 12.5. The van der Waals surface area contributed by atoms with E-state index in [1.165, 1.54) is 0 Å². The number of carbonyl (C=O) groups is 2. The summed E-state index contributed by atoms with van der Waals surface area (Å²) in [5.41, 5.74) is 3.46. The molecule has 2 amide bonds. The zero-order valence-electron chi connectivity index (χ0n) is 21.6. The van der Waals surface area contributed by atoms with E-state index in [1.807, 2.05) is 49.2 Å². The van der Waals surface area contributed by atoms with E-state index in [0.717, 1.165) is 29.8 Å². The predicted molar refractivity (Wildman–Crippen MR) is 144 cm³/mol. The number of fused-ring (bicyclic) bond motifs is 1. The third-order valence-corrected chi connectivity index (χ3v) is 6.21. The molecule has 3 aromatic heterocycles. The van der Waals surface area contributed by atoms with Crippen molar-refractivity contribution in [3.05, 3.63) is 71.8 Å². The maximum Gasteiger partial charge on any atom is 0.272 e. The number of nitrogens with one attached hydrogen (secondary N) is 3. The Labute approximate surface area is 220 Å². The first-order valence-electron chi connectivity index (χ1n) is 12.5. The number of anilines is 3.